The molecule has 0 saturated heterocycles. The molecule has 18 heavy (non-hydrogen) atoms. The number of carboxylic acid groups (broad SMARTS) is 1. The molecular formula is C13H15N2O3+. The molecule has 0 aromatic heterocycles. The van der Waals surface area contributed by atoms with E-state index in [9.17, 15) is 14.7 Å². The SMILES string of the molecule is Cc1ccc(C2=C(C(=O)O)[N+](C)(C)C(=O)N2)cc1. The first-order valence-electron chi connectivity index (χ1n) is 5.54. The second-order valence-electron chi connectivity index (χ2n) is 4.78. The predicted octanol–water partition coefficient (Wildman–Crippen LogP) is 1.55. The van der Waals surface area contributed by atoms with Gasteiger partial charge in [0.15, 0.2) is 0 Å². The lowest BCUT2D eigenvalue weighted by atomic mass is 10.1. The topological polar surface area (TPSA) is 66.4 Å². The Balaban J connectivity index is 2.60. The average molecular weight is 247 g/mol. The molecule has 1 aliphatic rings. The van der Waals surface area contributed by atoms with E-state index < -0.39 is 5.97 Å². The minimum atomic E-state index is -1.09. The van der Waals surface area contributed by atoms with Gasteiger partial charge >= 0.3 is 12.0 Å². The number of nitrogens with zero attached hydrogens (tertiary/aromatic N) is 1. The molecule has 2 N–H and O–H groups in total. The van der Waals surface area contributed by atoms with Gasteiger partial charge in [0.2, 0.25) is 0 Å². The number of urea groups is 1. The van der Waals surface area contributed by atoms with Crippen molar-refractivity contribution in [3.05, 3.63) is 41.1 Å². The number of aliphatic carboxylic acids is 1. The van der Waals surface area contributed by atoms with Crippen LogP contribution in [0.25, 0.3) is 5.70 Å². The highest BCUT2D eigenvalue weighted by Crippen LogP contribution is 2.29. The van der Waals surface area contributed by atoms with Crippen LogP contribution in [0.15, 0.2) is 30.0 Å². The summed E-state index contributed by atoms with van der Waals surface area (Å²) in [6.07, 6.45) is 0. The maximum Gasteiger partial charge on any atom is 0.426 e. The number of hydrogen-bond donors (Lipinski definition) is 2. The summed E-state index contributed by atoms with van der Waals surface area (Å²) in [5.41, 5.74) is 2.21. The van der Waals surface area contributed by atoms with Gasteiger partial charge in [0.1, 0.15) is 5.70 Å². The quantitative estimate of drug-likeness (QED) is 0.779. The standard InChI is InChI=1S/C13H14N2O3/c1-8-4-6-9(7-5-8)10-11(12(16)17)15(2,3)13(18)14-10/h4-7H,1-3H3,(H-,14,16,17,18)/p+1. The highest BCUT2D eigenvalue weighted by Gasteiger charge is 2.46. The van der Waals surface area contributed by atoms with Gasteiger partial charge in [-0.1, -0.05) is 29.8 Å². The van der Waals surface area contributed by atoms with Gasteiger partial charge in [0.05, 0.1) is 14.1 Å². The number of carbonyl (C=O) groups excluding carboxylic acids is 1. The second-order valence-corrected chi connectivity index (χ2v) is 4.78. The minimum absolute atomic E-state index is 0.0591. The Morgan fingerprint density at radius 3 is 2.28 bits per heavy atom. The Labute approximate surface area is 105 Å². The number of carbonyl (C=O) groups is 2. The van der Waals surface area contributed by atoms with Gasteiger partial charge in [-0.2, -0.15) is 0 Å². The number of aryl methyl sites for hydroxylation is 1. The molecule has 2 rings (SSSR count). The van der Waals surface area contributed by atoms with E-state index in [0.29, 0.717) is 11.3 Å². The Morgan fingerprint density at radius 2 is 1.78 bits per heavy atom. The zero-order chi connectivity index (χ0) is 13.5. The molecule has 1 aromatic carbocycles. The summed E-state index contributed by atoms with van der Waals surface area (Å²) >= 11 is 0. The predicted molar refractivity (Wildman–Crippen MR) is 66.4 cm³/mol. The fourth-order valence-electron chi connectivity index (χ4n) is 1.96. The summed E-state index contributed by atoms with van der Waals surface area (Å²) in [4.78, 5) is 23.2. The number of rotatable bonds is 2. The molecule has 0 aliphatic carbocycles. The van der Waals surface area contributed by atoms with Gasteiger partial charge in [-0.3, -0.25) is 5.32 Å². The van der Waals surface area contributed by atoms with Gasteiger partial charge in [0, 0.05) is 5.56 Å². The summed E-state index contributed by atoms with van der Waals surface area (Å²) in [6.45, 7) is 1.95. The summed E-state index contributed by atoms with van der Waals surface area (Å²) < 4.78 is -0.307. The number of nitrogens with one attached hydrogen (secondary N) is 1. The summed E-state index contributed by atoms with van der Waals surface area (Å²) in [5.74, 6) is -1.09. The molecule has 5 heteroatoms. The number of benzene rings is 1. The lowest BCUT2D eigenvalue weighted by Gasteiger charge is -2.18. The van der Waals surface area contributed by atoms with Crippen molar-refractivity contribution in [3.8, 4) is 0 Å². The van der Waals surface area contributed by atoms with Crippen molar-refractivity contribution >= 4 is 17.7 Å². The van der Waals surface area contributed by atoms with E-state index in [1.165, 1.54) is 0 Å². The van der Waals surface area contributed by atoms with Crippen LogP contribution in [0, 0.1) is 6.92 Å². The largest absolute Gasteiger partial charge is 0.474 e. The zero-order valence-corrected chi connectivity index (χ0v) is 10.5. The number of quaternary nitrogens is 1. The Kier molecular flexibility index (Phi) is 2.71. The highest BCUT2D eigenvalue weighted by atomic mass is 16.4. The van der Waals surface area contributed by atoms with Crippen LogP contribution < -0.4 is 5.32 Å². The number of carboxylic acids is 1. The summed E-state index contributed by atoms with van der Waals surface area (Å²) in [7, 11) is 3.11. The molecule has 1 aliphatic heterocycles. The molecule has 0 atom stereocenters. The van der Waals surface area contributed by atoms with Crippen molar-refractivity contribution in [2.45, 2.75) is 6.92 Å². The van der Waals surface area contributed by atoms with Crippen molar-refractivity contribution in [2.24, 2.45) is 0 Å². The van der Waals surface area contributed by atoms with E-state index in [2.05, 4.69) is 5.32 Å². The van der Waals surface area contributed by atoms with Gasteiger partial charge in [0.25, 0.3) is 5.70 Å². The van der Waals surface area contributed by atoms with Gasteiger partial charge < -0.3 is 5.11 Å². The van der Waals surface area contributed by atoms with Crippen molar-refractivity contribution < 1.29 is 19.2 Å². The van der Waals surface area contributed by atoms with Crippen LogP contribution in [0.2, 0.25) is 0 Å². The van der Waals surface area contributed by atoms with Crippen LogP contribution in [0.1, 0.15) is 11.1 Å². The second kappa shape index (κ2) is 3.96. The zero-order valence-electron chi connectivity index (χ0n) is 10.5. The molecule has 0 unspecified atom stereocenters. The first kappa shape index (κ1) is 12.3. The molecule has 2 amide bonds. The van der Waals surface area contributed by atoms with Crippen molar-refractivity contribution in [1.29, 1.82) is 0 Å². The maximum absolute atomic E-state index is 11.8. The molecule has 0 spiro atoms. The first-order chi connectivity index (χ1) is 8.34. The van der Waals surface area contributed by atoms with E-state index in [1.807, 2.05) is 19.1 Å². The average Bonchev–Trinajstić information content (AvgIpc) is 2.51. The minimum Gasteiger partial charge on any atom is -0.474 e. The number of likely N-dealkylation sites (N-methyl/N-ethyl adjacent to an activating group) is 1. The molecule has 0 bridgehead atoms. The van der Waals surface area contributed by atoms with Crippen molar-refractivity contribution in [1.82, 2.24) is 5.32 Å². The van der Waals surface area contributed by atoms with Crippen LogP contribution in [-0.4, -0.2) is 35.7 Å². The van der Waals surface area contributed by atoms with Crippen LogP contribution >= 0.6 is 0 Å². The molecule has 0 saturated carbocycles. The molecule has 1 aromatic rings. The third-order valence-corrected chi connectivity index (χ3v) is 3.08. The Bertz CT molecular complexity index is 556. The maximum atomic E-state index is 11.8. The normalized spacial score (nSPS) is 17.8. The van der Waals surface area contributed by atoms with Gasteiger partial charge in [-0.15, -0.1) is 0 Å². The molecule has 0 radical (unpaired) electrons. The van der Waals surface area contributed by atoms with Crippen molar-refractivity contribution in [3.63, 3.8) is 0 Å². The fraction of sp³-hybridized carbons (Fsp3) is 0.231. The molecule has 94 valence electrons. The van der Waals surface area contributed by atoms with E-state index >= 15 is 0 Å². The Morgan fingerprint density at radius 1 is 1.22 bits per heavy atom. The Hall–Kier alpha value is -2.14. The van der Waals surface area contributed by atoms with Crippen LogP contribution in [0.5, 0.6) is 0 Å². The van der Waals surface area contributed by atoms with E-state index in [0.717, 1.165) is 5.56 Å². The van der Waals surface area contributed by atoms with Gasteiger partial charge in [-0.05, 0) is 6.92 Å². The van der Waals surface area contributed by atoms with E-state index in [-0.39, 0.29) is 16.2 Å². The van der Waals surface area contributed by atoms with Crippen molar-refractivity contribution in [2.75, 3.05) is 14.1 Å². The van der Waals surface area contributed by atoms with E-state index in [4.69, 9.17) is 0 Å². The fourth-order valence-corrected chi connectivity index (χ4v) is 1.96. The molecule has 0 fully saturated rings. The lowest BCUT2D eigenvalue weighted by Crippen LogP contribution is -2.45. The molecular weight excluding hydrogens is 232 g/mol. The first-order valence-corrected chi connectivity index (χ1v) is 5.54. The molecule has 5 nitrogen and oxygen atoms in total. The number of hydrogen-bond acceptors (Lipinski definition) is 2. The van der Waals surface area contributed by atoms with Gasteiger partial charge in [-0.25, -0.2) is 14.1 Å². The van der Waals surface area contributed by atoms with E-state index in [1.54, 1.807) is 26.2 Å². The smallest absolute Gasteiger partial charge is 0.426 e. The summed E-state index contributed by atoms with van der Waals surface area (Å²) in [5, 5.41) is 11.9. The monoisotopic (exact) mass is 247 g/mol. The van der Waals surface area contributed by atoms with Crippen LogP contribution in [0.3, 0.4) is 0 Å². The highest BCUT2D eigenvalue weighted by molar-refractivity contribution is 6.02. The third-order valence-electron chi connectivity index (χ3n) is 3.08. The summed E-state index contributed by atoms with van der Waals surface area (Å²) in [6, 6.07) is 7.03. The molecule has 1 heterocycles. The van der Waals surface area contributed by atoms with Crippen LogP contribution in [-0.2, 0) is 4.79 Å². The number of amides is 2. The lowest BCUT2D eigenvalue weighted by molar-refractivity contribution is -0.758. The third kappa shape index (κ3) is 1.78. The van der Waals surface area contributed by atoms with Crippen LogP contribution in [0.4, 0.5) is 4.79 Å².